The lowest BCUT2D eigenvalue weighted by Gasteiger charge is -2.15. The number of aryl methyl sites for hydroxylation is 1. The lowest BCUT2D eigenvalue weighted by molar-refractivity contribution is -0.114. The third kappa shape index (κ3) is 3.23. The third-order valence-corrected chi connectivity index (χ3v) is 5.71. The number of amides is 2. The van der Waals surface area contributed by atoms with E-state index in [2.05, 4.69) is 12.6 Å². The summed E-state index contributed by atoms with van der Waals surface area (Å²) in [6, 6.07) is 13.7. The quantitative estimate of drug-likeness (QED) is 0.507. The molecule has 0 bridgehead atoms. The van der Waals surface area contributed by atoms with E-state index >= 15 is 0 Å². The van der Waals surface area contributed by atoms with E-state index in [4.69, 9.17) is 23.1 Å². The van der Waals surface area contributed by atoms with Gasteiger partial charge in [0.2, 0.25) is 5.91 Å². The largest absolute Gasteiger partial charge is 0.397 e. The van der Waals surface area contributed by atoms with Gasteiger partial charge >= 0.3 is 0 Å². The minimum Gasteiger partial charge on any atom is -0.397 e. The summed E-state index contributed by atoms with van der Waals surface area (Å²) in [5.74, 6) is -0.724. The van der Waals surface area contributed by atoms with Crippen molar-refractivity contribution in [2.75, 3.05) is 12.3 Å². The van der Waals surface area contributed by atoms with Crippen LogP contribution in [0.4, 0.5) is 5.69 Å². The molecule has 2 amide bonds. The fourth-order valence-corrected chi connectivity index (χ4v) is 3.99. The number of carbonyl (C=O) groups excluding carboxylic acids is 2. The molecule has 0 aliphatic carbocycles. The number of hydrogen-bond acceptors (Lipinski definition) is 3. The molecule has 0 radical (unpaired) electrons. The van der Waals surface area contributed by atoms with Gasteiger partial charge < -0.3 is 16.4 Å². The number of hydrogen-bond donors (Lipinski definition) is 2. The average Bonchev–Trinajstić information content (AvgIpc) is 3.01. The van der Waals surface area contributed by atoms with Crippen LogP contribution in [0.5, 0.6) is 0 Å². The van der Waals surface area contributed by atoms with Crippen LogP contribution in [0.15, 0.2) is 54.6 Å². The van der Waals surface area contributed by atoms with Gasteiger partial charge in [0.1, 0.15) is 0 Å². The Balaban J connectivity index is 1.79. The highest BCUT2D eigenvalue weighted by atomic mass is 35.5. The molecule has 4 rings (SSSR count). The highest BCUT2D eigenvalue weighted by molar-refractivity contribution is 6.33. The molecule has 1 heterocycles. The van der Waals surface area contributed by atoms with E-state index in [0.717, 1.165) is 33.0 Å². The van der Waals surface area contributed by atoms with Gasteiger partial charge in [0.15, 0.2) is 0 Å². The average molecular weight is 406 g/mol. The van der Waals surface area contributed by atoms with Gasteiger partial charge in [0.05, 0.1) is 17.3 Å². The van der Waals surface area contributed by atoms with Crippen LogP contribution in [-0.4, -0.2) is 23.3 Å². The number of fused-ring (bicyclic) bond motifs is 3. The Morgan fingerprint density at radius 1 is 1.17 bits per heavy atom. The maximum Gasteiger partial charge on any atom is 0.254 e. The van der Waals surface area contributed by atoms with Gasteiger partial charge in [0, 0.05) is 17.7 Å². The van der Waals surface area contributed by atoms with Crippen molar-refractivity contribution in [2.45, 2.75) is 13.5 Å². The molecule has 3 aromatic rings. The summed E-state index contributed by atoms with van der Waals surface area (Å²) in [6.07, 6.45) is 0. The molecule has 0 fully saturated rings. The second kappa shape index (κ2) is 6.94. The minimum atomic E-state index is -0.600. The molecule has 0 atom stereocenters. The normalized spacial score (nSPS) is 13.0. The van der Waals surface area contributed by atoms with Crippen LogP contribution >= 0.6 is 11.6 Å². The fraction of sp³-hybridized carbons (Fsp3) is 0.130. The Morgan fingerprint density at radius 2 is 1.90 bits per heavy atom. The first kappa shape index (κ1) is 19.0. The Kier molecular flexibility index (Phi) is 4.55. The van der Waals surface area contributed by atoms with E-state index in [-0.39, 0.29) is 18.0 Å². The first-order valence-electron chi connectivity index (χ1n) is 9.14. The molecule has 3 aromatic carbocycles. The summed E-state index contributed by atoms with van der Waals surface area (Å²) < 4.78 is 0. The van der Waals surface area contributed by atoms with Gasteiger partial charge in [-0.2, -0.15) is 0 Å². The van der Waals surface area contributed by atoms with E-state index in [0.29, 0.717) is 22.8 Å². The number of rotatable bonds is 4. The van der Waals surface area contributed by atoms with Gasteiger partial charge in [-0.15, -0.1) is 0 Å². The highest BCUT2D eigenvalue weighted by Crippen LogP contribution is 2.35. The van der Waals surface area contributed by atoms with Crippen LogP contribution in [0.3, 0.4) is 0 Å². The van der Waals surface area contributed by atoms with E-state index < -0.39 is 5.91 Å². The molecule has 0 spiro atoms. The van der Waals surface area contributed by atoms with Crippen LogP contribution < -0.4 is 11.5 Å². The second-order valence-corrected chi connectivity index (χ2v) is 7.75. The van der Waals surface area contributed by atoms with Gasteiger partial charge in [-0.25, -0.2) is 0 Å². The fourth-order valence-electron chi connectivity index (χ4n) is 3.72. The van der Waals surface area contributed by atoms with E-state index in [1.807, 2.05) is 43.3 Å². The number of benzene rings is 3. The van der Waals surface area contributed by atoms with Gasteiger partial charge in [0.25, 0.3) is 5.91 Å². The van der Waals surface area contributed by atoms with Gasteiger partial charge in [-0.05, 0) is 64.2 Å². The van der Waals surface area contributed by atoms with Crippen LogP contribution in [0.2, 0.25) is 5.02 Å². The number of nitrogens with two attached hydrogens (primary N) is 2. The third-order valence-electron chi connectivity index (χ3n) is 5.40. The molecule has 0 saturated carbocycles. The predicted molar refractivity (Wildman–Crippen MR) is 117 cm³/mol. The summed E-state index contributed by atoms with van der Waals surface area (Å²) in [6.45, 7) is 6.11. The highest BCUT2D eigenvalue weighted by Gasteiger charge is 2.29. The molecule has 1 aliphatic rings. The molecule has 146 valence electrons. The first-order chi connectivity index (χ1) is 13.8. The van der Waals surface area contributed by atoms with Crippen molar-refractivity contribution in [2.24, 2.45) is 5.73 Å². The summed E-state index contributed by atoms with van der Waals surface area (Å²) in [5.41, 5.74) is 16.5. The van der Waals surface area contributed by atoms with E-state index in [9.17, 15) is 9.59 Å². The molecule has 29 heavy (non-hydrogen) atoms. The lowest BCUT2D eigenvalue weighted by atomic mass is 9.95. The van der Waals surface area contributed by atoms with Crippen LogP contribution in [0.1, 0.15) is 21.5 Å². The number of halogens is 1. The Hall–Kier alpha value is -3.31. The van der Waals surface area contributed by atoms with Crippen molar-refractivity contribution in [1.82, 2.24) is 4.90 Å². The van der Waals surface area contributed by atoms with Gasteiger partial charge in [-0.1, -0.05) is 36.4 Å². The molecular formula is C23H20ClN3O2. The van der Waals surface area contributed by atoms with Crippen molar-refractivity contribution in [3.63, 3.8) is 0 Å². The molecule has 1 aliphatic heterocycles. The summed E-state index contributed by atoms with van der Waals surface area (Å²) in [7, 11) is 0. The first-order valence-corrected chi connectivity index (χ1v) is 9.52. The zero-order valence-corrected chi connectivity index (χ0v) is 16.7. The van der Waals surface area contributed by atoms with Crippen molar-refractivity contribution >= 4 is 39.9 Å². The SMILES string of the molecule is C=C(CN1Cc2c(ccc3ccc(-c4cc(C)c(N)c(Cl)c4)cc23)C1=O)C(N)=O. The van der Waals surface area contributed by atoms with Crippen LogP contribution in [-0.2, 0) is 11.3 Å². The maximum atomic E-state index is 12.8. The van der Waals surface area contributed by atoms with Crippen LogP contribution in [0.25, 0.3) is 21.9 Å². The molecule has 0 saturated heterocycles. The Labute approximate surface area is 173 Å². The van der Waals surface area contributed by atoms with Crippen molar-refractivity contribution in [3.05, 3.63) is 76.3 Å². The van der Waals surface area contributed by atoms with Crippen molar-refractivity contribution < 1.29 is 9.59 Å². The predicted octanol–water partition coefficient (Wildman–Crippen LogP) is 4.05. The van der Waals surface area contributed by atoms with Crippen LogP contribution in [0, 0.1) is 6.92 Å². The monoisotopic (exact) mass is 405 g/mol. The summed E-state index contributed by atoms with van der Waals surface area (Å²) >= 11 is 6.27. The molecule has 0 unspecified atom stereocenters. The Bertz CT molecular complexity index is 1190. The van der Waals surface area contributed by atoms with Crippen molar-refractivity contribution in [3.8, 4) is 11.1 Å². The minimum absolute atomic E-state index is 0.122. The topological polar surface area (TPSA) is 89.4 Å². The zero-order valence-electron chi connectivity index (χ0n) is 16.0. The standard InChI is InChI=1S/C23H20ClN3O2/c1-12-7-16(9-20(24)21(12)25)15-4-3-14-5-6-17-19(18(14)8-15)11-27(23(17)29)10-13(2)22(26)28/h3-9H,2,10-11,25H2,1H3,(H2,26,28). The Morgan fingerprint density at radius 3 is 2.59 bits per heavy atom. The molecule has 6 heteroatoms. The number of carbonyl (C=O) groups is 2. The van der Waals surface area contributed by atoms with E-state index in [1.165, 1.54) is 0 Å². The molecule has 5 nitrogen and oxygen atoms in total. The number of nitrogens with zero attached hydrogens (tertiary/aromatic N) is 1. The molecule has 0 aromatic heterocycles. The molecular weight excluding hydrogens is 386 g/mol. The zero-order chi connectivity index (χ0) is 20.9. The smallest absolute Gasteiger partial charge is 0.254 e. The lowest BCUT2D eigenvalue weighted by Crippen LogP contribution is -2.30. The maximum absolute atomic E-state index is 12.8. The summed E-state index contributed by atoms with van der Waals surface area (Å²) in [4.78, 5) is 25.7. The number of anilines is 1. The van der Waals surface area contributed by atoms with Gasteiger partial charge in [-0.3, -0.25) is 9.59 Å². The molecule has 4 N–H and O–H groups in total. The number of nitrogen functional groups attached to an aromatic ring is 1. The van der Waals surface area contributed by atoms with Crippen molar-refractivity contribution in [1.29, 1.82) is 0 Å². The second-order valence-electron chi connectivity index (χ2n) is 7.35. The summed E-state index contributed by atoms with van der Waals surface area (Å²) in [5, 5.41) is 2.55. The number of primary amides is 1. The van der Waals surface area contributed by atoms with E-state index in [1.54, 1.807) is 4.90 Å².